The first-order valence-electron chi connectivity index (χ1n) is 16.5. The predicted molar refractivity (Wildman–Crippen MR) is 197 cm³/mol. The lowest BCUT2D eigenvalue weighted by molar-refractivity contribution is 0.0999. The van der Waals surface area contributed by atoms with Crippen molar-refractivity contribution in [1.29, 1.82) is 0 Å². The molecule has 258 valence electrons. The van der Waals surface area contributed by atoms with Crippen molar-refractivity contribution in [3.63, 3.8) is 0 Å². The van der Waals surface area contributed by atoms with Crippen molar-refractivity contribution in [1.82, 2.24) is 9.80 Å². The van der Waals surface area contributed by atoms with Gasteiger partial charge < -0.3 is 23.8 Å². The number of hydrogen-bond donors (Lipinski definition) is 0. The summed E-state index contributed by atoms with van der Waals surface area (Å²) in [4.78, 5) is 35.5. The zero-order chi connectivity index (χ0) is 35.6. The second kappa shape index (κ2) is 16.4. The van der Waals surface area contributed by atoms with E-state index in [0.29, 0.717) is 35.8 Å². The summed E-state index contributed by atoms with van der Waals surface area (Å²) in [7, 11) is 5.00. The highest BCUT2D eigenvalue weighted by molar-refractivity contribution is 6.08. The van der Waals surface area contributed by atoms with Crippen molar-refractivity contribution in [3.8, 4) is 17.2 Å². The summed E-state index contributed by atoms with van der Waals surface area (Å²) in [5.74, 6) is 1.71. The number of carbonyl (C=O) groups excluding carboxylic acids is 2. The highest BCUT2D eigenvalue weighted by Crippen LogP contribution is 2.32. The van der Waals surface area contributed by atoms with Gasteiger partial charge in [0.2, 0.25) is 5.96 Å². The number of guanidine groups is 1. The topological polar surface area (TPSA) is 89.9 Å². The Morgan fingerprint density at radius 1 is 0.667 bits per heavy atom. The van der Waals surface area contributed by atoms with Gasteiger partial charge in [-0.25, -0.2) is 9.69 Å². The Morgan fingerprint density at radius 3 is 1.80 bits per heavy atom. The Balaban J connectivity index is 1.35. The van der Waals surface area contributed by atoms with E-state index in [4.69, 9.17) is 18.9 Å². The molecule has 2 amide bonds. The van der Waals surface area contributed by atoms with Crippen molar-refractivity contribution in [2.75, 3.05) is 21.3 Å². The predicted octanol–water partition coefficient (Wildman–Crippen LogP) is 8.02. The van der Waals surface area contributed by atoms with Crippen LogP contribution in [0.5, 0.6) is 17.2 Å². The summed E-state index contributed by atoms with van der Waals surface area (Å²) >= 11 is 0. The molecule has 0 N–H and O–H groups in total. The number of carbonyl (C=O) groups is 2. The van der Waals surface area contributed by atoms with Crippen LogP contribution in [0, 0.1) is 0 Å². The second-order valence-electron chi connectivity index (χ2n) is 11.9. The van der Waals surface area contributed by atoms with Gasteiger partial charge in [-0.05, 0) is 83.3 Å². The van der Waals surface area contributed by atoms with Gasteiger partial charge >= 0.3 is 6.09 Å². The van der Waals surface area contributed by atoms with Crippen LogP contribution < -0.4 is 14.2 Å². The molecule has 6 rings (SSSR count). The van der Waals surface area contributed by atoms with E-state index in [1.165, 1.54) is 4.90 Å². The molecule has 0 spiro atoms. The minimum absolute atomic E-state index is 0.0462. The molecule has 5 aromatic carbocycles. The van der Waals surface area contributed by atoms with Gasteiger partial charge in [-0.15, -0.1) is 0 Å². The fraction of sp³-hybridized carbons (Fsp3) is 0.167. The molecule has 1 saturated heterocycles. The zero-order valence-electron chi connectivity index (χ0n) is 28.8. The Morgan fingerprint density at radius 2 is 1.22 bits per heavy atom. The van der Waals surface area contributed by atoms with Crippen LogP contribution in [0.1, 0.15) is 32.6 Å². The fourth-order valence-corrected chi connectivity index (χ4v) is 5.71. The summed E-state index contributed by atoms with van der Waals surface area (Å²) < 4.78 is 22.5. The summed E-state index contributed by atoms with van der Waals surface area (Å²) in [6.07, 6.45) is 1.76. The Labute approximate surface area is 298 Å². The van der Waals surface area contributed by atoms with E-state index in [1.54, 1.807) is 38.5 Å². The summed E-state index contributed by atoms with van der Waals surface area (Å²) in [5.41, 5.74) is 4.70. The Kier molecular flexibility index (Phi) is 11.1. The standard InChI is InChI=1S/C42H39N3O6/c1-44-38(26-30-16-22-37(23-17-30)50-28-32-10-6-4-7-11-32)39(27-31-14-20-35(48-2)21-15-31)45(42(47)51-29-33-12-8-5-9-13-33)41(44)43-40(46)34-18-24-36(49-3)25-19-34/h4-25,27,38H,26,28-29H2,1-3H3/b39-27-,43-41?. The van der Waals surface area contributed by atoms with Gasteiger partial charge in [0, 0.05) is 12.6 Å². The largest absolute Gasteiger partial charge is 0.497 e. The highest BCUT2D eigenvalue weighted by Gasteiger charge is 2.43. The second-order valence-corrected chi connectivity index (χ2v) is 11.9. The average molecular weight is 682 g/mol. The van der Waals surface area contributed by atoms with Gasteiger partial charge in [-0.2, -0.15) is 4.99 Å². The lowest BCUT2D eigenvalue weighted by Gasteiger charge is -2.20. The molecule has 0 radical (unpaired) electrons. The van der Waals surface area contributed by atoms with Gasteiger partial charge in [-0.3, -0.25) is 4.79 Å². The highest BCUT2D eigenvalue weighted by atomic mass is 16.6. The number of aliphatic imine (C=N–C) groups is 1. The minimum atomic E-state index is -0.654. The van der Waals surface area contributed by atoms with Crippen LogP contribution in [-0.2, 0) is 24.4 Å². The minimum Gasteiger partial charge on any atom is -0.497 e. The third-order valence-corrected chi connectivity index (χ3v) is 8.54. The van der Waals surface area contributed by atoms with E-state index in [0.717, 1.165) is 28.0 Å². The van der Waals surface area contributed by atoms with Crippen molar-refractivity contribution < 1.29 is 28.5 Å². The number of amides is 2. The third kappa shape index (κ3) is 8.63. The van der Waals surface area contributed by atoms with Crippen molar-refractivity contribution in [3.05, 3.63) is 167 Å². The summed E-state index contributed by atoms with van der Waals surface area (Å²) in [5, 5.41) is 0. The van der Waals surface area contributed by atoms with Crippen LogP contribution in [-0.4, -0.2) is 55.1 Å². The number of rotatable bonds is 11. The molecule has 0 bridgehead atoms. The molecule has 0 saturated carbocycles. The lowest BCUT2D eigenvalue weighted by Crippen LogP contribution is -2.37. The molecule has 1 aliphatic rings. The number of hydrogen-bond acceptors (Lipinski definition) is 6. The van der Waals surface area contributed by atoms with Crippen LogP contribution >= 0.6 is 0 Å². The number of likely N-dealkylation sites (N-methyl/N-ethyl adjacent to an activating group) is 1. The molecule has 1 fully saturated rings. The normalized spacial score (nSPS) is 15.5. The smallest absolute Gasteiger partial charge is 0.421 e. The van der Waals surface area contributed by atoms with E-state index in [-0.39, 0.29) is 12.6 Å². The van der Waals surface area contributed by atoms with E-state index in [9.17, 15) is 9.59 Å². The van der Waals surface area contributed by atoms with Gasteiger partial charge in [0.05, 0.1) is 26.0 Å². The van der Waals surface area contributed by atoms with Crippen LogP contribution in [0.2, 0.25) is 0 Å². The zero-order valence-corrected chi connectivity index (χ0v) is 28.8. The maximum Gasteiger partial charge on any atom is 0.421 e. The molecule has 9 nitrogen and oxygen atoms in total. The number of ether oxygens (including phenoxy) is 4. The van der Waals surface area contributed by atoms with Gasteiger partial charge in [0.15, 0.2) is 0 Å². The van der Waals surface area contributed by atoms with Crippen LogP contribution in [0.15, 0.2) is 144 Å². The van der Waals surface area contributed by atoms with Crippen LogP contribution in [0.3, 0.4) is 0 Å². The lowest BCUT2D eigenvalue weighted by atomic mass is 10.0. The molecule has 1 unspecified atom stereocenters. The average Bonchev–Trinajstić information content (AvgIpc) is 3.43. The monoisotopic (exact) mass is 681 g/mol. The molecular formula is C42H39N3O6. The Bertz CT molecular complexity index is 1980. The van der Waals surface area contributed by atoms with Crippen molar-refractivity contribution in [2.24, 2.45) is 4.99 Å². The molecule has 0 aromatic heterocycles. The Hall–Kier alpha value is -6.35. The van der Waals surface area contributed by atoms with Gasteiger partial charge in [-0.1, -0.05) is 84.9 Å². The van der Waals surface area contributed by atoms with E-state index < -0.39 is 18.0 Å². The number of methoxy groups -OCH3 is 2. The molecule has 51 heavy (non-hydrogen) atoms. The first-order valence-corrected chi connectivity index (χ1v) is 16.5. The van der Waals surface area contributed by atoms with E-state index >= 15 is 0 Å². The number of benzene rings is 5. The van der Waals surface area contributed by atoms with E-state index in [2.05, 4.69) is 4.99 Å². The van der Waals surface area contributed by atoms with Crippen LogP contribution in [0.25, 0.3) is 6.08 Å². The van der Waals surface area contributed by atoms with Crippen molar-refractivity contribution >= 4 is 24.0 Å². The number of nitrogens with zero attached hydrogens (tertiary/aromatic N) is 3. The van der Waals surface area contributed by atoms with Gasteiger partial charge in [0.25, 0.3) is 5.91 Å². The van der Waals surface area contributed by atoms with Gasteiger partial charge in [0.1, 0.15) is 30.5 Å². The van der Waals surface area contributed by atoms with Crippen LogP contribution in [0.4, 0.5) is 4.79 Å². The maximum absolute atomic E-state index is 14.1. The maximum atomic E-state index is 14.1. The van der Waals surface area contributed by atoms with Crippen molar-refractivity contribution in [2.45, 2.75) is 25.7 Å². The molecular weight excluding hydrogens is 642 g/mol. The van der Waals surface area contributed by atoms with E-state index in [1.807, 2.05) is 127 Å². The SMILES string of the molecule is COc1ccc(/C=C2/C(Cc3ccc(OCc4ccccc4)cc3)N(C)C(=NC(=O)c3ccc(OC)cc3)N2C(=O)OCc2ccccc2)cc1. The molecule has 9 heteroatoms. The molecule has 0 aliphatic carbocycles. The first-order chi connectivity index (χ1) is 24.9. The fourth-order valence-electron chi connectivity index (χ4n) is 5.71. The third-order valence-electron chi connectivity index (χ3n) is 8.54. The molecule has 1 aliphatic heterocycles. The first kappa shape index (κ1) is 34.5. The molecule has 1 atom stereocenters. The summed E-state index contributed by atoms with van der Waals surface area (Å²) in [6.45, 7) is 0.507. The quantitative estimate of drug-likeness (QED) is 0.140. The summed E-state index contributed by atoms with van der Waals surface area (Å²) in [6, 6.07) is 41.2. The molecule has 1 heterocycles. The molecule has 5 aromatic rings.